The van der Waals surface area contributed by atoms with Crippen molar-refractivity contribution in [3.8, 4) is 0 Å². The molecule has 2 fully saturated rings. The predicted octanol–water partition coefficient (Wildman–Crippen LogP) is 2.77. The van der Waals surface area contributed by atoms with Crippen molar-refractivity contribution in [1.82, 2.24) is 4.90 Å². The van der Waals surface area contributed by atoms with Gasteiger partial charge in [0.25, 0.3) is 0 Å². The third-order valence-electron chi connectivity index (χ3n) is 4.73. The van der Waals surface area contributed by atoms with Gasteiger partial charge in [-0.15, -0.1) is 0 Å². The Morgan fingerprint density at radius 2 is 1.88 bits per heavy atom. The van der Waals surface area contributed by atoms with E-state index in [2.05, 4.69) is 18.7 Å². The smallest absolute Gasteiger partial charge is 0.0252 e. The van der Waals surface area contributed by atoms with Gasteiger partial charge in [0.05, 0.1) is 0 Å². The molecule has 0 bridgehead atoms. The van der Waals surface area contributed by atoms with Gasteiger partial charge in [-0.05, 0) is 51.5 Å². The van der Waals surface area contributed by atoms with Crippen molar-refractivity contribution in [3.05, 3.63) is 0 Å². The summed E-state index contributed by atoms with van der Waals surface area (Å²) >= 11 is 0. The number of hydrogen-bond acceptors (Lipinski definition) is 2. The van der Waals surface area contributed by atoms with Crippen LogP contribution in [-0.4, -0.2) is 29.6 Å². The minimum atomic E-state index is 0.0132. The zero-order chi connectivity index (χ0) is 11.6. The lowest BCUT2D eigenvalue weighted by molar-refractivity contribution is 0.0442. The molecule has 1 saturated carbocycles. The number of nitrogens with two attached hydrogens (primary N) is 1. The van der Waals surface area contributed by atoms with E-state index in [0.29, 0.717) is 0 Å². The van der Waals surface area contributed by atoms with E-state index in [9.17, 15) is 0 Å². The zero-order valence-corrected chi connectivity index (χ0v) is 11.0. The first kappa shape index (κ1) is 12.4. The summed E-state index contributed by atoms with van der Waals surface area (Å²) in [7, 11) is 0. The molecule has 2 nitrogen and oxygen atoms in total. The van der Waals surface area contributed by atoms with Crippen LogP contribution in [0.3, 0.4) is 0 Å². The lowest BCUT2D eigenvalue weighted by atomic mass is 9.77. The van der Waals surface area contributed by atoms with Crippen LogP contribution in [0.25, 0.3) is 0 Å². The topological polar surface area (TPSA) is 29.3 Å². The average Bonchev–Trinajstić information content (AvgIpc) is 2.29. The molecule has 3 unspecified atom stereocenters. The fourth-order valence-electron chi connectivity index (χ4n) is 3.50. The van der Waals surface area contributed by atoms with Crippen LogP contribution in [0.1, 0.15) is 58.8 Å². The summed E-state index contributed by atoms with van der Waals surface area (Å²) in [6, 6.07) is 0.858. The molecule has 0 spiro atoms. The van der Waals surface area contributed by atoms with Crippen molar-refractivity contribution >= 4 is 0 Å². The minimum Gasteiger partial charge on any atom is -0.324 e. The Hall–Kier alpha value is -0.0800. The fourth-order valence-corrected chi connectivity index (χ4v) is 3.50. The van der Waals surface area contributed by atoms with Gasteiger partial charge in [0, 0.05) is 18.1 Å². The standard InChI is InChI=1S/C14H28N2/c1-3-14(2,15)11-16-10-6-8-12-7-4-5-9-13(12)16/h12-13H,3-11,15H2,1-2H3. The van der Waals surface area contributed by atoms with Crippen LogP contribution < -0.4 is 5.73 Å². The lowest BCUT2D eigenvalue weighted by Crippen LogP contribution is -2.55. The van der Waals surface area contributed by atoms with Crippen molar-refractivity contribution in [2.75, 3.05) is 13.1 Å². The highest BCUT2D eigenvalue weighted by Crippen LogP contribution is 2.35. The number of rotatable bonds is 3. The van der Waals surface area contributed by atoms with Gasteiger partial charge in [-0.1, -0.05) is 19.8 Å². The Morgan fingerprint density at radius 1 is 1.19 bits per heavy atom. The SMILES string of the molecule is CCC(C)(N)CN1CCCC2CCCCC21. The first-order chi connectivity index (χ1) is 7.62. The van der Waals surface area contributed by atoms with E-state index >= 15 is 0 Å². The maximum atomic E-state index is 6.33. The molecule has 0 radical (unpaired) electrons. The summed E-state index contributed by atoms with van der Waals surface area (Å²) in [4.78, 5) is 2.71. The Balaban J connectivity index is 1.97. The number of nitrogens with zero attached hydrogens (tertiary/aromatic N) is 1. The van der Waals surface area contributed by atoms with E-state index in [1.165, 1.54) is 45.1 Å². The molecule has 0 aromatic heterocycles. The number of hydrogen-bond donors (Lipinski definition) is 1. The molecule has 0 aromatic carbocycles. The first-order valence-electron chi connectivity index (χ1n) is 7.15. The van der Waals surface area contributed by atoms with Gasteiger partial charge in [0.2, 0.25) is 0 Å². The molecule has 94 valence electrons. The molecule has 1 heterocycles. The molecule has 2 heteroatoms. The van der Waals surface area contributed by atoms with E-state index in [1.54, 1.807) is 0 Å². The first-order valence-corrected chi connectivity index (χ1v) is 7.15. The Labute approximate surface area is 101 Å². The molecule has 1 saturated heterocycles. The average molecular weight is 224 g/mol. The van der Waals surface area contributed by atoms with Crippen LogP contribution in [0.2, 0.25) is 0 Å². The van der Waals surface area contributed by atoms with Crippen molar-refractivity contribution < 1.29 is 0 Å². The highest BCUT2D eigenvalue weighted by molar-refractivity contribution is 4.91. The second-order valence-electron chi connectivity index (χ2n) is 6.23. The summed E-state index contributed by atoms with van der Waals surface area (Å²) in [5.74, 6) is 0.982. The van der Waals surface area contributed by atoms with Crippen molar-refractivity contribution in [2.45, 2.75) is 70.4 Å². The van der Waals surface area contributed by atoms with Crippen LogP contribution in [0.5, 0.6) is 0 Å². The number of piperidine rings is 1. The summed E-state index contributed by atoms with van der Waals surface area (Å²) < 4.78 is 0. The zero-order valence-electron chi connectivity index (χ0n) is 11.0. The molecule has 2 rings (SSSR count). The molecular formula is C14H28N2. The van der Waals surface area contributed by atoms with Crippen LogP contribution in [0.4, 0.5) is 0 Å². The molecule has 2 aliphatic rings. The van der Waals surface area contributed by atoms with Crippen molar-refractivity contribution in [1.29, 1.82) is 0 Å². The van der Waals surface area contributed by atoms with Gasteiger partial charge >= 0.3 is 0 Å². The lowest BCUT2D eigenvalue weighted by Gasteiger charge is -2.46. The molecule has 3 atom stereocenters. The quantitative estimate of drug-likeness (QED) is 0.798. The molecule has 1 aliphatic heterocycles. The number of likely N-dealkylation sites (tertiary alicyclic amines) is 1. The number of fused-ring (bicyclic) bond motifs is 1. The van der Waals surface area contributed by atoms with Gasteiger partial charge in [0.15, 0.2) is 0 Å². The monoisotopic (exact) mass is 224 g/mol. The summed E-state index contributed by atoms with van der Waals surface area (Å²) in [6.45, 7) is 6.81. The summed E-state index contributed by atoms with van der Waals surface area (Å²) in [5, 5.41) is 0. The fraction of sp³-hybridized carbons (Fsp3) is 1.00. The minimum absolute atomic E-state index is 0.0132. The highest BCUT2D eigenvalue weighted by atomic mass is 15.2. The Bertz CT molecular complexity index is 223. The van der Waals surface area contributed by atoms with Crippen LogP contribution in [0.15, 0.2) is 0 Å². The van der Waals surface area contributed by atoms with Crippen molar-refractivity contribution in [3.63, 3.8) is 0 Å². The second-order valence-corrected chi connectivity index (χ2v) is 6.23. The normalized spacial score (nSPS) is 35.4. The molecule has 2 N–H and O–H groups in total. The molecular weight excluding hydrogens is 196 g/mol. The predicted molar refractivity (Wildman–Crippen MR) is 69.4 cm³/mol. The van der Waals surface area contributed by atoms with Crippen LogP contribution in [-0.2, 0) is 0 Å². The van der Waals surface area contributed by atoms with E-state index < -0.39 is 0 Å². The van der Waals surface area contributed by atoms with E-state index in [4.69, 9.17) is 5.73 Å². The van der Waals surface area contributed by atoms with Gasteiger partial charge in [-0.2, -0.15) is 0 Å². The third kappa shape index (κ3) is 2.78. The van der Waals surface area contributed by atoms with Crippen molar-refractivity contribution in [2.24, 2.45) is 11.7 Å². The maximum absolute atomic E-state index is 6.33. The highest BCUT2D eigenvalue weighted by Gasteiger charge is 2.35. The van der Waals surface area contributed by atoms with Gasteiger partial charge < -0.3 is 5.73 Å². The molecule has 0 amide bonds. The van der Waals surface area contributed by atoms with Crippen LogP contribution in [0, 0.1) is 5.92 Å². The second kappa shape index (κ2) is 5.05. The largest absolute Gasteiger partial charge is 0.324 e. The van der Waals surface area contributed by atoms with Gasteiger partial charge in [-0.3, -0.25) is 4.90 Å². The summed E-state index contributed by atoms with van der Waals surface area (Å²) in [5.41, 5.74) is 6.34. The Morgan fingerprint density at radius 3 is 2.62 bits per heavy atom. The maximum Gasteiger partial charge on any atom is 0.0252 e. The molecule has 0 aromatic rings. The van der Waals surface area contributed by atoms with E-state index in [1.807, 2.05) is 0 Å². The summed E-state index contributed by atoms with van der Waals surface area (Å²) in [6.07, 6.45) is 9.73. The van der Waals surface area contributed by atoms with E-state index in [-0.39, 0.29) is 5.54 Å². The molecule has 16 heavy (non-hydrogen) atoms. The van der Waals surface area contributed by atoms with Gasteiger partial charge in [-0.25, -0.2) is 0 Å². The molecule has 1 aliphatic carbocycles. The van der Waals surface area contributed by atoms with Crippen LogP contribution >= 0.6 is 0 Å². The van der Waals surface area contributed by atoms with Gasteiger partial charge in [0.1, 0.15) is 0 Å². The third-order valence-corrected chi connectivity index (χ3v) is 4.73. The van der Waals surface area contributed by atoms with E-state index in [0.717, 1.165) is 24.9 Å². The Kier molecular flexibility index (Phi) is 3.91.